The van der Waals surface area contributed by atoms with Gasteiger partial charge >= 0.3 is 5.97 Å². The van der Waals surface area contributed by atoms with Gasteiger partial charge in [-0.15, -0.1) is 0 Å². The largest absolute Gasteiger partial charge is 0.478 e. The monoisotopic (exact) mass is 382 g/mol. The van der Waals surface area contributed by atoms with Crippen LogP contribution in [0.3, 0.4) is 0 Å². The lowest BCUT2D eigenvalue weighted by Crippen LogP contribution is -2.06. The molecule has 0 saturated carbocycles. The number of carboxylic acids is 1. The van der Waals surface area contributed by atoms with Gasteiger partial charge in [0.15, 0.2) is 0 Å². The minimum atomic E-state index is -1.29. The van der Waals surface area contributed by atoms with E-state index in [-0.39, 0.29) is 22.2 Å². The SMILES string of the molecule is Cc1cccc(-c2ccc(-c3nc4ccc(F)cc4c(C(=O)O)c3C#N)cc2)c1. The molecule has 0 spiro atoms. The van der Waals surface area contributed by atoms with Crippen LogP contribution in [0.2, 0.25) is 0 Å². The number of aryl methyl sites for hydroxylation is 1. The Hall–Kier alpha value is -4.04. The maximum absolute atomic E-state index is 13.7. The first kappa shape index (κ1) is 18.3. The second-order valence-corrected chi connectivity index (χ2v) is 6.74. The van der Waals surface area contributed by atoms with Crippen molar-refractivity contribution in [1.29, 1.82) is 5.26 Å². The summed E-state index contributed by atoms with van der Waals surface area (Å²) in [6.45, 7) is 2.02. The molecule has 1 N–H and O–H groups in total. The van der Waals surface area contributed by atoms with E-state index in [1.807, 2.05) is 55.5 Å². The van der Waals surface area contributed by atoms with Crippen LogP contribution in [0.25, 0.3) is 33.3 Å². The summed E-state index contributed by atoms with van der Waals surface area (Å²) in [5.74, 6) is -1.88. The summed E-state index contributed by atoms with van der Waals surface area (Å²) in [4.78, 5) is 16.3. The highest BCUT2D eigenvalue weighted by molar-refractivity contribution is 6.06. The Balaban J connectivity index is 1.91. The lowest BCUT2D eigenvalue weighted by atomic mass is 9.96. The fourth-order valence-electron chi connectivity index (χ4n) is 3.42. The number of hydrogen-bond acceptors (Lipinski definition) is 3. The predicted molar refractivity (Wildman–Crippen MR) is 109 cm³/mol. The molecule has 0 radical (unpaired) electrons. The number of benzene rings is 3. The first-order valence-electron chi connectivity index (χ1n) is 8.92. The van der Waals surface area contributed by atoms with Crippen LogP contribution in [0.5, 0.6) is 0 Å². The zero-order valence-corrected chi connectivity index (χ0v) is 15.5. The molecule has 4 aromatic rings. The van der Waals surface area contributed by atoms with Gasteiger partial charge in [-0.25, -0.2) is 14.2 Å². The van der Waals surface area contributed by atoms with Crippen LogP contribution in [0.15, 0.2) is 66.7 Å². The molecular formula is C24H15FN2O2. The first-order chi connectivity index (χ1) is 14.0. The van der Waals surface area contributed by atoms with Crippen molar-refractivity contribution in [3.8, 4) is 28.5 Å². The topological polar surface area (TPSA) is 74.0 Å². The normalized spacial score (nSPS) is 10.7. The third-order valence-corrected chi connectivity index (χ3v) is 4.78. The van der Waals surface area contributed by atoms with Gasteiger partial charge in [0.25, 0.3) is 0 Å². The van der Waals surface area contributed by atoms with Crippen LogP contribution in [0.1, 0.15) is 21.5 Å². The van der Waals surface area contributed by atoms with Crippen LogP contribution >= 0.6 is 0 Å². The molecule has 0 amide bonds. The highest BCUT2D eigenvalue weighted by Crippen LogP contribution is 2.31. The van der Waals surface area contributed by atoms with Gasteiger partial charge < -0.3 is 5.11 Å². The second-order valence-electron chi connectivity index (χ2n) is 6.74. The molecule has 0 unspecified atom stereocenters. The molecule has 0 aliphatic rings. The van der Waals surface area contributed by atoms with E-state index >= 15 is 0 Å². The number of halogens is 1. The van der Waals surface area contributed by atoms with E-state index in [1.54, 1.807) is 0 Å². The number of fused-ring (bicyclic) bond motifs is 1. The van der Waals surface area contributed by atoms with Gasteiger partial charge in [0.2, 0.25) is 0 Å². The van der Waals surface area contributed by atoms with Crippen LogP contribution < -0.4 is 0 Å². The molecule has 0 saturated heterocycles. The van der Waals surface area contributed by atoms with E-state index in [0.29, 0.717) is 11.1 Å². The molecule has 4 nitrogen and oxygen atoms in total. The van der Waals surface area contributed by atoms with Crippen LogP contribution in [-0.4, -0.2) is 16.1 Å². The number of rotatable bonds is 3. The number of aromatic carboxylic acids is 1. The Morgan fingerprint density at radius 2 is 1.72 bits per heavy atom. The lowest BCUT2D eigenvalue weighted by Gasteiger charge is -2.11. The molecule has 0 aliphatic carbocycles. The minimum absolute atomic E-state index is 0.0843. The minimum Gasteiger partial charge on any atom is -0.478 e. The summed E-state index contributed by atoms with van der Waals surface area (Å²) in [6, 6.07) is 21.2. The molecule has 29 heavy (non-hydrogen) atoms. The van der Waals surface area contributed by atoms with Crippen molar-refractivity contribution in [3.63, 3.8) is 0 Å². The number of carbonyl (C=O) groups is 1. The van der Waals surface area contributed by atoms with Gasteiger partial charge in [0.05, 0.1) is 22.3 Å². The van der Waals surface area contributed by atoms with E-state index in [1.165, 1.54) is 12.1 Å². The van der Waals surface area contributed by atoms with E-state index in [2.05, 4.69) is 11.1 Å². The summed E-state index contributed by atoms with van der Waals surface area (Å²) in [5, 5.41) is 19.4. The molecule has 0 aliphatic heterocycles. The number of nitriles is 1. The van der Waals surface area contributed by atoms with Gasteiger partial charge in [-0.2, -0.15) is 5.26 Å². The average Bonchev–Trinajstić information content (AvgIpc) is 2.72. The van der Waals surface area contributed by atoms with Crippen molar-refractivity contribution in [2.75, 3.05) is 0 Å². The second kappa shape index (κ2) is 7.17. The van der Waals surface area contributed by atoms with Gasteiger partial charge in [-0.05, 0) is 36.2 Å². The number of hydrogen-bond donors (Lipinski definition) is 1. The predicted octanol–water partition coefficient (Wildman–Crippen LogP) is 5.59. The van der Waals surface area contributed by atoms with Crippen molar-refractivity contribution < 1.29 is 14.3 Å². The Bertz CT molecular complexity index is 1310. The van der Waals surface area contributed by atoms with Crippen molar-refractivity contribution >= 4 is 16.9 Å². The highest BCUT2D eigenvalue weighted by atomic mass is 19.1. The molecule has 4 rings (SSSR count). The summed E-state index contributed by atoms with van der Waals surface area (Å²) >= 11 is 0. The van der Waals surface area contributed by atoms with Crippen LogP contribution in [0, 0.1) is 24.1 Å². The zero-order chi connectivity index (χ0) is 20.5. The highest BCUT2D eigenvalue weighted by Gasteiger charge is 2.21. The molecule has 1 aromatic heterocycles. The summed E-state index contributed by atoms with van der Waals surface area (Å²) in [7, 11) is 0. The zero-order valence-electron chi connectivity index (χ0n) is 15.5. The van der Waals surface area contributed by atoms with Gasteiger partial charge in [-0.1, -0.05) is 54.1 Å². The maximum Gasteiger partial charge on any atom is 0.337 e. The summed E-state index contributed by atoms with van der Waals surface area (Å²) in [6.07, 6.45) is 0. The fraction of sp³-hybridized carbons (Fsp3) is 0.0417. The van der Waals surface area contributed by atoms with Crippen LogP contribution in [0.4, 0.5) is 4.39 Å². The van der Waals surface area contributed by atoms with E-state index in [4.69, 9.17) is 0 Å². The summed E-state index contributed by atoms with van der Waals surface area (Å²) < 4.78 is 13.7. The maximum atomic E-state index is 13.7. The van der Waals surface area contributed by atoms with E-state index in [9.17, 15) is 19.6 Å². The van der Waals surface area contributed by atoms with Crippen molar-refractivity contribution in [3.05, 3.63) is 89.2 Å². The van der Waals surface area contributed by atoms with Gasteiger partial charge in [-0.3, -0.25) is 0 Å². The van der Waals surface area contributed by atoms with Gasteiger partial charge in [0, 0.05) is 10.9 Å². The molecule has 3 aromatic carbocycles. The lowest BCUT2D eigenvalue weighted by molar-refractivity contribution is 0.0698. The molecule has 1 heterocycles. The van der Waals surface area contributed by atoms with Crippen LogP contribution in [-0.2, 0) is 0 Å². The van der Waals surface area contributed by atoms with Crippen molar-refractivity contribution in [2.24, 2.45) is 0 Å². The number of nitrogens with zero attached hydrogens (tertiary/aromatic N) is 2. The fourth-order valence-corrected chi connectivity index (χ4v) is 3.42. The quantitative estimate of drug-likeness (QED) is 0.501. The third kappa shape index (κ3) is 3.32. The standard InChI is InChI=1S/C24H15FN2O2/c1-14-3-2-4-17(11-14)15-5-7-16(8-6-15)23-20(13-26)22(24(28)29)19-12-18(25)9-10-21(19)27-23/h2-12H,1H3,(H,28,29). The smallest absolute Gasteiger partial charge is 0.337 e. The molecular weight excluding hydrogens is 367 g/mol. The molecule has 5 heteroatoms. The Morgan fingerprint density at radius 3 is 2.38 bits per heavy atom. The van der Waals surface area contributed by atoms with Crippen molar-refractivity contribution in [2.45, 2.75) is 6.92 Å². The number of pyridine rings is 1. The molecule has 0 bridgehead atoms. The molecule has 0 atom stereocenters. The Kier molecular flexibility index (Phi) is 4.53. The van der Waals surface area contributed by atoms with Crippen molar-refractivity contribution in [1.82, 2.24) is 4.98 Å². The van der Waals surface area contributed by atoms with E-state index < -0.39 is 11.8 Å². The first-order valence-corrected chi connectivity index (χ1v) is 8.92. The Labute approximate surface area is 166 Å². The number of aromatic nitrogens is 1. The molecule has 140 valence electrons. The number of carboxylic acid groups (broad SMARTS) is 1. The summed E-state index contributed by atoms with van der Waals surface area (Å²) in [5.41, 5.74) is 4.08. The molecule has 0 fully saturated rings. The Morgan fingerprint density at radius 1 is 1.00 bits per heavy atom. The van der Waals surface area contributed by atoms with Gasteiger partial charge in [0.1, 0.15) is 11.9 Å². The average molecular weight is 382 g/mol. The third-order valence-electron chi connectivity index (χ3n) is 4.78. The van der Waals surface area contributed by atoms with E-state index in [0.717, 1.165) is 22.8 Å².